The van der Waals surface area contributed by atoms with Gasteiger partial charge >= 0.3 is 10.3 Å². The summed E-state index contributed by atoms with van der Waals surface area (Å²) < 4.78 is 35.6. The molecule has 7 heteroatoms. The fraction of sp³-hybridized carbons (Fsp3) is 0.250. The van der Waals surface area contributed by atoms with Crippen molar-refractivity contribution in [2.75, 3.05) is 0 Å². The molecule has 0 amide bonds. The molecule has 0 unspecified atom stereocenters. The fourth-order valence-corrected chi connectivity index (χ4v) is 3.00. The molecule has 100 valence electrons. The summed E-state index contributed by atoms with van der Waals surface area (Å²) in [5, 5.41) is 3.88. The lowest BCUT2D eigenvalue weighted by atomic mass is 10.00. The van der Waals surface area contributed by atoms with Crippen LogP contribution in [0.15, 0.2) is 22.7 Å². The van der Waals surface area contributed by atoms with Crippen LogP contribution in [0.3, 0.4) is 0 Å². The second kappa shape index (κ2) is 4.07. The van der Waals surface area contributed by atoms with E-state index in [1.54, 1.807) is 19.9 Å². The first-order valence-corrected chi connectivity index (χ1v) is 7.13. The molecule has 0 bridgehead atoms. The summed E-state index contributed by atoms with van der Waals surface area (Å²) in [6.45, 7) is 3.81. The lowest BCUT2D eigenvalue weighted by molar-refractivity contribution is 0.393. The Morgan fingerprint density at radius 2 is 2.11 bits per heavy atom. The molecule has 0 spiro atoms. The van der Waals surface area contributed by atoms with Crippen molar-refractivity contribution >= 4 is 10.3 Å². The highest BCUT2D eigenvalue weighted by Crippen LogP contribution is 2.38. The molecule has 2 heterocycles. The molecular formula is C12H12N2O4S. The Labute approximate surface area is 110 Å². The SMILES string of the molecule is Cc1noc(C)c1-c1cccc2c1OS(=O)(=O)NC2. The van der Waals surface area contributed by atoms with Gasteiger partial charge in [0.05, 0.1) is 11.3 Å². The Morgan fingerprint density at radius 3 is 2.79 bits per heavy atom. The van der Waals surface area contributed by atoms with E-state index >= 15 is 0 Å². The van der Waals surface area contributed by atoms with Gasteiger partial charge < -0.3 is 8.71 Å². The molecule has 3 rings (SSSR count). The quantitative estimate of drug-likeness (QED) is 0.859. The highest BCUT2D eigenvalue weighted by Gasteiger charge is 2.26. The molecule has 0 fully saturated rings. The van der Waals surface area contributed by atoms with Gasteiger partial charge in [-0.05, 0) is 13.8 Å². The Balaban J connectivity index is 2.25. The smallest absolute Gasteiger partial charge is 0.370 e. The molecule has 19 heavy (non-hydrogen) atoms. The van der Waals surface area contributed by atoms with Gasteiger partial charge in [0.1, 0.15) is 5.76 Å². The van der Waals surface area contributed by atoms with Crippen LogP contribution >= 0.6 is 0 Å². The minimum absolute atomic E-state index is 0.217. The number of hydrogen-bond donors (Lipinski definition) is 1. The maximum absolute atomic E-state index is 11.5. The topological polar surface area (TPSA) is 81.4 Å². The zero-order valence-electron chi connectivity index (χ0n) is 10.4. The molecule has 1 aliphatic rings. The van der Waals surface area contributed by atoms with Gasteiger partial charge in [-0.3, -0.25) is 0 Å². The monoisotopic (exact) mass is 280 g/mol. The summed E-state index contributed by atoms with van der Waals surface area (Å²) in [5.74, 6) is 0.973. The predicted molar refractivity (Wildman–Crippen MR) is 67.8 cm³/mol. The van der Waals surface area contributed by atoms with E-state index in [9.17, 15) is 8.42 Å². The molecular weight excluding hydrogens is 268 g/mol. The first-order chi connectivity index (χ1) is 8.98. The molecule has 1 aromatic heterocycles. The lowest BCUT2D eigenvalue weighted by Crippen LogP contribution is -2.32. The first-order valence-electron chi connectivity index (χ1n) is 5.72. The number of nitrogens with one attached hydrogen (secondary N) is 1. The van der Waals surface area contributed by atoms with Crippen molar-refractivity contribution in [2.45, 2.75) is 20.4 Å². The van der Waals surface area contributed by atoms with Gasteiger partial charge in [0, 0.05) is 17.7 Å². The molecule has 2 aromatic rings. The molecule has 1 aliphatic heterocycles. The summed E-state index contributed by atoms with van der Waals surface area (Å²) in [5.41, 5.74) is 2.94. The second-order valence-corrected chi connectivity index (χ2v) is 5.72. The molecule has 0 radical (unpaired) electrons. The molecule has 1 aromatic carbocycles. The first kappa shape index (κ1) is 12.2. The second-order valence-electron chi connectivity index (χ2n) is 4.35. The summed E-state index contributed by atoms with van der Waals surface area (Å²) in [6.07, 6.45) is 0. The Morgan fingerprint density at radius 1 is 1.32 bits per heavy atom. The van der Waals surface area contributed by atoms with E-state index in [2.05, 4.69) is 9.88 Å². The third-order valence-electron chi connectivity index (χ3n) is 3.03. The maximum Gasteiger partial charge on any atom is 0.382 e. The number of para-hydroxylation sites is 1. The molecule has 0 saturated carbocycles. The van der Waals surface area contributed by atoms with Crippen LogP contribution in [-0.4, -0.2) is 13.6 Å². The fourth-order valence-electron chi connectivity index (χ4n) is 2.19. The summed E-state index contributed by atoms with van der Waals surface area (Å²) in [7, 11) is -3.74. The largest absolute Gasteiger partial charge is 0.382 e. The van der Waals surface area contributed by atoms with Crippen LogP contribution in [0.5, 0.6) is 5.75 Å². The molecule has 6 nitrogen and oxygen atoms in total. The minimum atomic E-state index is -3.74. The highest BCUT2D eigenvalue weighted by atomic mass is 32.2. The Bertz CT molecular complexity index is 730. The molecule has 0 aliphatic carbocycles. The number of aryl methyl sites for hydroxylation is 2. The van der Waals surface area contributed by atoms with Crippen molar-refractivity contribution < 1.29 is 17.1 Å². The van der Waals surface area contributed by atoms with Crippen molar-refractivity contribution in [3.8, 4) is 16.9 Å². The zero-order chi connectivity index (χ0) is 13.6. The molecule has 0 atom stereocenters. The highest BCUT2D eigenvalue weighted by molar-refractivity contribution is 7.85. The third-order valence-corrected chi connectivity index (χ3v) is 3.92. The van der Waals surface area contributed by atoms with E-state index in [1.165, 1.54) is 0 Å². The summed E-state index contributed by atoms with van der Waals surface area (Å²) in [4.78, 5) is 0. The average molecular weight is 280 g/mol. The van der Waals surface area contributed by atoms with Crippen molar-refractivity contribution in [3.63, 3.8) is 0 Å². The van der Waals surface area contributed by atoms with Crippen molar-refractivity contribution in [1.29, 1.82) is 0 Å². The third kappa shape index (κ3) is 2.00. The number of rotatable bonds is 1. The zero-order valence-corrected chi connectivity index (χ0v) is 11.2. The maximum atomic E-state index is 11.5. The van der Waals surface area contributed by atoms with Gasteiger partial charge in [-0.2, -0.15) is 13.1 Å². The molecule has 1 N–H and O–H groups in total. The van der Waals surface area contributed by atoms with Crippen LogP contribution < -0.4 is 8.91 Å². The minimum Gasteiger partial charge on any atom is -0.370 e. The van der Waals surface area contributed by atoms with E-state index < -0.39 is 10.3 Å². The summed E-state index contributed by atoms with van der Waals surface area (Å²) in [6, 6.07) is 5.47. The number of aromatic nitrogens is 1. The van der Waals surface area contributed by atoms with Crippen LogP contribution in [0.2, 0.25) is 0 Å². The molecule has 0 saturated heterocycles. The predicted octanol–water partition coefficient (Wildman–Crippen LogP) is 1.69. The van der Waals surface area contributed by atoms with E-state index in [4.69, 9.17) is 8.71 Å². The normalized spacial score (nSPS) is 16.7. The van der Waals surface area contributed by atoms with Gasteiger partial charge in [0.25, 0.3) is 0 Å². The lowest BCUT2D eigenvalue weighted by Gasteiger charge is -2.20. The van der Waals surface area contributed by atoms with E-state index in [1.807, 2.05) is 12.1 Å². The van der Waals surface area contributed by atoms with Crippen LogP contribution in [0.1, 0.15) is 17.0 Å². The number of benzene rings is 1. The van der Waals surface area contributed by atoms with Crippen molar-refractivity contribution in [2.24, 2.45) is 0 Å². The van der Waals surface area contributed by atoms with Crippen LogP contribution in [-0.2, 0) is 16.8 Å². The van der Waals surface area contributed by atoms with Crippen molar-refractivity contribution in [3.05, 3.63) is 35.2 Å². The van der Waals surface area contributed by atoms with Crippen LogP contribution in [0.4, 0.5) is 0 Å². The van der Waals surface area contributed by atoms with E-state index in [0.29, 0.717) is 22.8 Å². The van der Waals surface area contributed by atoms with E-state index in [0.717, 1.165) is 11.1 Å². The van der Waals surface area contributed by atoms with E-state index in [-0.39, 0.29) is 6.54 Å². The van der Waals surface area contributed by atoms with Gasteiger partial charge in [-0.25, -0.2) is 0 Å². The van der Waals surface area contributed by atoms with Gasteiger partial charge in [0.15, 0.2) is 5.75 Å². The Kier molecular flexibility index (Phi) is 2.61. The number of fused-ring (bicyclic) bond motifs is 1. The van der Waals surface area contributed by atoms with Crippen LogP contribution in [0, 0.1) is 13.8 Å². The van der Waals surface area contributed by atoms with Gasteiger partial charge in [-0.1, -0.05) is 23.4 Å². The number of hydrogen-bond acceptors (Lipinski definition) is 5. The van der Waals surface area contributed by atoms with Crippen molar-refractivity contribution in [1.82, 2.24) is 9.88 Å². The van der Waals surface area contributed by atoms with Gasteiger partial charge in [-0.15, -0.1) is 0 Å². The van der Waals surface area contributed by atoms with Gasteiger partial charge in [0.2, 0.25) is 0 Å². The average Bonchev–Trinajstić information content (AvgIpc) is 2.68. The van der Waals surface area contributed by atoms with Crippen LogP contribution in [0.25, 0.3) is 11.1 Å². The standard InChI is InChI=1S/C12H12N2O4S/c1-7-11(8(2)17-14-7)10-5-3-4-9-6-13-19(15,16)18-12(9)10/h3-5,13H,6H2,1-2H3. The summed E-state index contributed by atoms with van der Waals surface area (Å²) >= 11 is 0. The Hall–Kier alpha value is -1.86. The number of nitrogens with zero attached hydrogens (tertiary/aromatic N) is 1.